The normalized spacial score (nSPS) is 10.3. The quantitative estimate of drug-likeness (QED) is 0.629. The fourth-order valence-corrected chi connectivity index (χ4v) is 2.31. The number of anilines is 1. The van der Waals surface area contributed by atoms with Crippen molar-refractivity contribution in [2.24, 2.45) is 0 Å². The van der Waals surface area contributed by atoms with Crippen LogP contribution in [0.2, 0.25) is 5.15 Å². The maximum Gasteiger partial charge on any atom is 0.251 e. The monoisotopic (exact) mass is 317 g/mol. The first-order chi connectivity index (χ1) is 10.7. The van der Waals surface area contributed by atoms with Crippen molar-refractivity contribution in [3.8, 4) is 0 Å². The second-order valence-electron chi connectivity index (χ2n) is 5.09. The third kappa shape index (κ3) is 5.04. The molecule has 2 aromatic rings. The number of benzene rings is 1. The van der Waals surface area contributed by atoms with Crippen molar-refractivity contribution in [1.29, 1.82) is 0 Å². The Hall–Kier alpha value is -2.07. The highest BCUT2D eigenvalue weighted by atomic mass is 35.5. The second kappa shape index (κ2) is 8.39. The smallest absolute Gasteiger partial charge is 0.251 e. The summed E-state index contributed by atoms with van der Waals surface area (Å²) in [6.45, 7) is 1.61. The van der Waals surface area contributed by atoms with Crippen molar-refractivity contribution < 1.29 is 4.79 Å². The summed E-state index contributed by atoms with van der Waals surface area (Å²) < 4.78 is 0. The lowest BCUT2D eigenvalue weighted by Crippen LogP contribution is -2.25. The second-order valence-corrected chi connectivity index (χ2v) is 5.47. The highest BCUT2D eigenvalue weighted by Gasteiger charge is 2.05. The van der Waals surface area contributed by atoms with Gasteiger partial charge in [0.1, 0.15) is 5.15 Å². The van der Waals surface area contributed by atoms with Gasteiger partial charge in [0.15, 0.2) is 0 Å². The van der Waals surface area contributed by atoms with Crippen LogP contribution in [0.5, 0.6) is 0 Å². The Morgan fingerprint density at radius 1 is 1.23 bits per heavy atom. The van der Waals surface area contributed by atoms with Gasteiger partial charge < -0.3 is 10.2 Å². The Morgan fingerprint density at radius 2 is 2.00 bits per heavy atom. The Bertz CT molecular complexity index is 604. The number of nitrogens with one attached hydrogen (secondary N) is 1. The molecule has 0 saturated heterocycles. The third-order valence-electron chi connectivity index (χ3n) is 3.39. The predicted octanol–water partition coefficient (Wildman–Crippen LogP) is 3.38. The zero-order valence-electron chi connectivity index (χ0n) is 12.6. The summed E-state index contributed by atoms with van der Waals surface area (Å²) in [6, 6.07) is 13.5. The summed E-state index contributed by atoms with van der Waals surface area (Å²) in [4.78, 5) is 18.0. The number of hydrogen-bond donors (Lipinski definition) is 1. The fraction of sp³-hybridized carbons (Fsp3) is 0.294. The van der Waals surface area contributed by atoms with Crippen LogP contribution in [0.4, 0.5) is 5.69 Å². The number of pyridine rings is 1. The molecule has 0 aliphatic carbocycles. The molecule has 1 amide bonds. The van der Waals surface area contributed by atoms with Crippen molar-refractivity contribution in [3.63, 3.8) is 0 Å². The average Bonchev–Trinajstić information content (AvgIpc) is 2.55. The summed E-state index contributed by atoms with van der Waals surface area (Å²) in [5.74, 6) is -0.110. The highest BCUT2D eigenvalue weighted by molar-refractivity contribution is 6.29. The summed E-state index contributed by atoms with van der Waals surface area (Å²) in [5, 5.41) is 3.23. The van der Waals surface area contributed by atoms with Crippen LogP contribution in [-0.2, 0) is 0 Å². The van der Waals surface area contributed by atoms with E-state index in [1.165, 1.54) is 11.9 Å². The number of carbonyl (C=O) groups is 1. The molecule has 0 atom stereocenters. The van der Waals surface area contributed by atoms with Crippen LogP contribution >= 0.6 is 11.6 Å². The van der Waals surface area contributed by atoms with Gasteiger partial charge in [-0.1, -0.05) is 29.8 Å². The molecular formula is C17H20ClN3O. The minimum atomic E-state index is -0.110. The molecule has 0 bridgehead atoms. The summed E-state index contributed by atoms with van der Waals surface area (Å²) in [7, 11) is 2.08. The SMILES string of the molecule is CN(CCCCNC(=O)c1ccnc(Cl)c1)c1ccccc1. The first kappa shape index (κ1) is 16.3. The average molecular weight is 318 g/mol. The number of carbonyl (C=O) groups excluding carboxylic acids is 1. The number of halogens is 1. The topological polar surface area (TPSA) is 45.2 Å². The van der Waals surface area contributed by atoms with Crippen LogP contribution < -0.4 is 10.2 Å². The van der Waals surface area contributed by atoms with E-state index in [1.807, 2.05) is 18.2 Å². The zero-order valence-corrected chi connectivity index (χ0v) is 13.4. The molecule has 0 aliphatic rings. The molecule has 5 heteroatoms. The van der Waals surface area contributed by atoms with Gasteiger partial charge in [0, 0.05) is 37.6 Å². The van der Waals surface area contributed by atoms with Crippen LogP contribution in [0.3, 0.4) is 0 Å². The van der Waals surface area contributed by atoms with Gasteiger partial charge in [0.05, 0.1) is 0 Å². The van der Waals surface area contributed by atoms with Gasteiger partial charge in [0.25, 0.3) is 5.91 Å². The molecule has 4 nitrogen and oxygen atoms in total. The van der Waals surface area contributed by atoms with Gasteiger partial charge in [-0.25, -0.2) is 4.98 Å². The van der Waals surface area contributed by atoms with E-state index in [2.05, 4.69) is 34.4 Å². The Kier molecular flexibility index (Phi) is 6.22. The molecule has 1 N–H and O–H groups in total. The molecule has 0 fully saturated rings. The lowest BCUT2D eigenvalue weighted by Gasteiger charge is -2.19. The van der Waals surface area contributed by atoms with Gasteiger partial charge in [-0.05, 0) is 37.1 Å². The van der Waals surface area contributed by atoms with Crippen molar-refractivity contribution >= 4 is 23.2 Å². The van der Waals surface area contributed by atoms with Gasteiger partial charge >= 0.3 is 0 Å². The zero-order chi connectivity index (χ0) is 15.8. The van der Waals surface area contributed by atoms with Gasteiger partial charge in [-0.15, -0.1) is 0 Å². The van der Waals surface area contributed by atoms with Crippen LogP contribution in [0.15, 0.2) is 48.7 Å². The van der Waals surface area contributed by atoms with Gasteiger partial charge in [-0.2, -0.15) is 0 Å². The van der Waals surface area contributed by atoms with E-state index in [1.54, 1.807) is 12.1 Å². The number of unbranched alkanes of at least 4 members (excludes halogenated alkanes) is 1. The van der Waals surface area contributed by atoms with E-state index >= 15 is 0 Å². The van der Waals surface area contributed by atoms with Crippen LogP contribution in [0, 0.1) is 0 Å². The molecule has 116 valence electrons. The Morgan fingerprint density at radius 3 is 2.73 bits per heavy atom. The Labute approximate surface area is 136 Å². The molecule has 0 unspecified atom stereocenters. The maximum absolute atomic E-state index is 11.9. The lowest BCUT2D eigenvalue weighted by molar-refractivity contribution is 0.0953. The van der Waals surface area contributed by atoms with Crippen LogP contribution in [0.25, 0.3) is 0 Å². The third-order valence-corrected chi connectivity index (χ3v) is 3.60. The largest absolute Gasteiger partial charge is 0.375 e. The van der Waals surface area contributed by atoms with E-state index in [0.717, 1.165) is 19.4 Å². The number of nitrogens with zero attached hydrogens (tertiary/aromatic N) is 2. The molecule has 0 aliphatic heterocycles. The number of aromatic nitrogens is 1. The number of amides is 1. The fourth-order valence-electron chi connectivity index (χ4n) is 2.13. The van der Waals surface area contributed by atoms with Crippen LogP contribution in [0.1, 0.15) is 23.2 Å². The minimum Gasteiger partial charge on any atom is -0.375 e. The standard InChI is InChI=1S/C17H20ClN3O/c1-21(15-7-3-2-4-8-15)12-6-5-10-20-17(22)14-9-11-19-16(18)13-14/h2-4,7-9,11,13H,5-6,10,12H2,1H3,(H,20,22). The molecule has 1 heterocycles. The van der Waals surface area contributed by atoms with E-state index in [0.29, 0.717) is 17.3 Å². The molecule has 1 aromatic carbocycles. The minimum absolute atomic E-state index is 0.110. The maximum atomic E-state index is 11.9. The number of para-hydroxylation sites is 1. The molecule has 22 heavy (non-hydrogen) atoms. The summed E-state index contributed by atoms with van der Waals surface area (Å²) >= 11 is 5.77. The van der Waals surface area contributed by atoms with Crippen molar-refractivity contribution in [3.05, 3.63) is 59.4 Å². The van der Waals surface area contributed by atoms with Crippen molar-refractivity contribution in [2.75, 3.05) is 25.0 Å². The molecule has 0 saturated carbocycles. The molecule has 2 rings (SSSR count). The van der Waals surface area contributed by atoms with Crippen LogP contribution in [-0.4, -0.2) is 31.0 Å². The van der Waals surface area contributed by atoms with E-state index in [-0.39, 0.29) is 5.91 Å². The summed E-state index contributed by atoms with van der Waals surface area (Å²) in [5.41, 5.74) is 1.75. The van der Waals surface area contributed by atoms with E-state index in [4.69, 9.17) is 11.6 Å². The van der Waals surface area contributed by atoms with Crippen molar-refractivity contribution in [1.82, 2.24) is 10.3 Å². The van der Waals surface area contributed by atoms with E-state index < -0.39 is 0 Å². The van der Waals surface area contributed by atoms with E-state index in [9.17, 15) is 4.79 Å². The molecule has 0 spiro atoms. The first-order valence-electron chi connectivity index (χ1n) is 7.33. The predicted molar refractivity (Wildman–Crippen MR) is 90.5 cm³/mol. The molecular weight excluding hydrogens is 298 g/mol. The number of hydrogen-bond acceptors (Lipinski definition) is 3. The molecule has 1 aromatic heterocycles. The number of rotatable bonds is 7. The highest BCUT2D eigenvalue weighted by Crippen LogP contribution is 2.11. The van der Waals surface area contributed by atoms with Gasteiger partial charge in [-0.3, -0.25) is 4.79 Å². The van der Waals surface area contributed by atoms with Gasteiger partial charge in [0.2, 0.25) is 0 Å². The Balaban J connectivity index is 1.66. The molecule has 0 radical (unpaired) electrons. The first-order valence-corrected chi connectivity index (χ1v) is 7.70. The lowest BCUT2D eigenvalue weighted by atomic mass is 10.2. The van der Waals surface area contributed by atoms with Crippen molar-refractivity contribution in [2.45, 2.75) is 12.8 Å². The summed E-state index contributed by atoms with van der Waals surface area (Å²) in [6.07, 6.45) is 3.48.